The molecule has 0 aliphatic heterocycles. The molecule has 0 spiro atoms. The molecule has 0 radical (unpaired) electrons. The van der Waals surface area contributed by atoms with Gasteiger partial charge in [-0.1, -0.05) is 12.1 Å². The van der Waals surface area contributed by atoms with Crippen LogP contribution in [-0.4, -0.2) is 64.9 Å². The number of hydrogen-bond acceptors (Lipinski definition) is 7. The lowest BCUT2D eigenvalue weighted by atomic mass is 10.2. The normalized spacial score (nSPS) is 10.6. The van der Waals surface area contributed by atoms with Crippen molar-refractivity contribution in [2.75, 3.05) is 64.7 Å². The highest BCUT2D eigenvalue weighted by atomic mass is 16.5. The van der Waals surface area contributed by atoms with E-state index < -0.39 is 0 Å². The third kappa shape index (κ3) is 6.95. The van der Waals surface area contributed by atoms with Gasteiger partial charge in [0.2, 0.25) is 0 Å². The summed E-state index contributed by atoms with van der Waals surface area (Å²) >= 11 is 0. The molecule has 0 amide bonds. The van der Waals surface area contributed by atoms with E-state index in [1.807, 2.05) is 11.0 Å². The smallest absolute Gasteiger partial charge is 0.131 e. The fourth-order valence-corrected chi connectivity index (χ4v) is 1.92. The first-order valence-electron chi connectivity index (χ1n) is 7.26. The number of aliphatic hydroxyl groups excluding tert-OH is 1. The van der Waals surface area contributed by atoms with Crippen LogP contribution < -0.4 is 4.90 Å². The van der Waals surface area contributed by atoms with Gasteiger partial charge in [0.05, 0.1) is 45.3 Å². The second-order valence-corrected chi connectivity index (χ2v) is 4.51. The number of aliphatic hydroxyl groups is 1. The minimum atomic E-state index is -0.00663. The molecule has 124 valence electrons. The van der Waals surface area contributed by atoms with E-state index in [1.165, 1.54) is 0 Å². The van der Waals surface area contributed by atoms with Gasteiger partial charge in [-0.05, 0) is 17.3 Å². The first kappa shape index (κ1) is 18.5. The van der Waals surface area contributed by atoms with Crippen molar-refractivity contribution in [2.24, 2.45) is 5.18 Å². The van der Waals surface area contributed by atoms with Gasteiger partial charge in [-0.25, -0.2) is 0 Å². The molecule has 0 aromatic heterocycles. The summed E-state index contributed by atoms with van der Waals surface area (Å²) < 4.78 is 15.6. The fourth-order valence-electron chi connectivity index (χ4n) is 1.92. The van der Waals surface area contributed by atoms with Crippen LogP contribution in [-0.2, 0) is 14.2 Å². The molecule has 0 heterocycles. The molecule has 1 N–H and O–H groups in total. The summed E-state index contributed by atoms with van der Waals surface area (Å²) in [5.41, 5.74) is 1.06. The summed E-state index contributed by atoms with van der Waals surface area (Å²) in [7, 11) is 1.63. The third-order valence-corrected chi connectivity index (χ3v) is 3.00. The molecule has 1 aromatic carbocycles. The van der Waals surface area contributed by atoms with E-state index in [4.69, 9.17) is 19.3 Å². The van der Waals surface area contributed by atoms with Crippen molar-refractivity contribution in [1.29, 1.82) is 0 Å². The Morgan fingerprint density at radius 1 is 1.05 bits per heavy atom. The molecule has 1 aromatic rings. The molecule has 1 rings (SSSR count). The lowest BCUT2D eigenvalue weighted by Gasteiger charge is -2.24. The molecule has 0 unspecified atom stereocenters. The van der Waals surface area contributed by atoms with Gasteiger partial charge in [-0.2, -0.15) is 0 Å². The number of para-hydroxylation sites is 1. The molecular formula is C15H24N2O5. The molecule has 7 nitrogen and oxygen atoms in total. The zero-order valence-corrected chi connectivity index (χ0v) is 12.9. The van der Waals surface area contributed by atoms with Crippen LogP contribution in [0.5, 0.6) is 0 Å². The molecule has 22 heavy (non-hydrogen) atoms. The van der Waals surface area contributed by atoms with E-state index in [-0.39, 0.29) is 6.61 Å². The molecular weight excluding hydrogens is 288 g/mol. The van der Waals surface area contributed by atoms with Gasteiger partial charge in [0.1, 0.15) is 5.69 Å². The monoisotopic (exact) mass is 312 g/mol. The maximum atomic E-state index is 10.8. The number of nitrogens with zero attached hydrogens (tertiary/aromatic N) is 2. The Bertz CT molecular complexity index is 417. The zero-order chi connectivity index (χ0) is 16.0. The van der Waals surface area contributed by atoms with Gasteiger partial charge in [-0.3, -0.25) is 0 Å². The van der Waals surface area contributed by atoms with E-state index in [9.17, 15) is 4.91 Å². The second-order valence-electron chi connectivity index (χ2n) is 4.51. The van der Waals surface area contributed by atoms with Gasteiger partial charge in [0.25, 0.3) is 0 Å². The highest BCUT2D eigenvalue weighted by molar-refractivity contribution is 5.66. The Hall–Kier alpha value is -1.54. The highest BCUT2D eigenvalue weighted by Crippen LogP contribution is 2.27. The Labute approximate surface area is 130 Å². The van der Waals surface area contributed by atoms with Crippen LogP contribution in [0.15, 0.2) is 29.4 Å². The molecule has 0 saturated heterocycles. The Morgan fingerprint density at radius 3 is 2.41 bits per heavy atom. The van der Waals surface area contributed by atoms with Crippen LogP contribution in [0.4, 0.5) is 11.4 Å². The Morgan fingerprint density at radius 2 is 1.73 bits per heavy atom. The topological polar surface area (TPSA) is 80.6 Å². The molecule has 0 aliphatic carbocycles. The van der Waals surface area contributed by atoms with Crippen molar-refractivity contribution < 1.29 is 19.3 Å². The Balaban J connectivity index is 2.34. The highest BCUT2D eigenvalue weighted by Gasteiger charge is 2.10. The number of benzene rings is 1. The van der Waals surface area contributed by atoms with Crippen molar-refractivity contribution in [2.45, 2.75) is 0 Å². The summed E-state index contributed by atoms with van der Waals surface area (Å²) in [4.78, 5) is 12.7. The summed E-state index contributed by atoms with van der Waals surface area (Å²) in [5, 5.41) is 12.2. The van der Waals surface area contributed by atoms with Crippen LogP contribution in [0, 0.1) is 4.91 Å². The van der Waals surface area contributed by atoms with Gasteiger partial charge < -0.3 is 24.2 Å². The number of methoxy groups -OCH3 is 1. The number of ether oxygens (including phenoxy) is 3. The van der Waals surface area contributed by atoms with Crippen molar-refractivity contribution in [1.82, 2.24) is 0 Å². The van der Waals surface area contributed by atoms with E-state index >= 15 is 0 Å². The maximum Gasteiger partial charge on any atom is 0.131 e. The molecule has 0 aliphatic rings. The first-order chi connectivity index (χ1) is 10.8. The molecule has 0 fully saturated rings. The molecule has 0 saturated carbocycles. The second kappa shape index (κ2) is 12.0. The van der Waals surface area contributed by atoms with Crippen molar-refractivity contribution >= 4 is 11.4 Å². The molecule has 0 atom stereocenters. The summed E-state index contributed by atoms with van der Waals surface area (Å²) in [6.07, 6.45) is 0. The fraction of sp³-hybridized carbons (Fsp3) is 0.600. The van der Waals surface area contributed by atoms with E-state index in [2.05, 4.69) is 5.18 Å². The average Bonchev–Trinajstić information content (AvgIpc) is 2.56. The van der Waals surface area contributed by atoms with Gasteiger partial charge >= 0.3 is 0 Å². The van der Waals surface area contributed by atoms with Crippen molar-refractivity contribution in [3.8, 4) is 0 Å². The minimum Gasteiger partial charge on any atom is -0.395 e. The quantitative estimate of drug-likeness (QED) is 0.440. The van der Waals surface area contributed by atoms with Crippen LogP contribution >= 0.6 is 0 Å². The van der Waals surface area contributed by atoms with Crippen molar-refractivity contribution in [3.63, 3.8) is 0 Å². The van der Waals surface area contributed by atoms with Gasteiger partial charge in [0.15, 0.2) is 0 Å². The first-order valence-corrected chi connectivity index (χ1v) is 7.26. The summed E-state index contributed by atoms with van der Waals surface area (Å²) in [6.45, 7) is 3.56. The van der Waals surface area contributed by atoms with Crippen LogP contribution in [0.2, 0.25) is 0 Å². The maximum absolute atomic E-state index is 10.8. The third-order valence-electron chi connectivity index (χ3n) is 3.00. The van der Waals surface area contributed by atoms with E-state index in [1.54, 1.807) is 25.3 Å². The lowest BCUT2D eigenvalue weighted by Crippen LogP contribution is -2.30. The standard InChI is InChI=1S/C15H24N2O5/c1-20-10-11-22-13-12-21-9-7-17(6-8-18)15-5-3-2-4-14(15)16-19/h2-5,18H,6-13H2,1H3. The summed E-state index contributed by atoms with van der Waals surface area (Å²) in [6, 6.07) is 7.04. The summed E-state index contributed by atoms with van der Waals surface area (Å²) in [5.74, 6) is 0. The number of rotatable bonds is 13. The predicted octanol–water partition coefficient (Wildman–Crippen LogP) is 1.56. The number of hydrogen-bond donors (Lipinski definition) is 1. The van der Waals surface area contributed by atoms with Crippen LogP contribution in [0.25, 0.3) is 0 Å². The van der Waals surface area contributed by atoms with Crippen LogP contribution in [0.1, 0.15) is 0 Å². The molecule has 7 heteroatoms. The van der Waals surface area contributed by atoms with Crippen molar-refractivity contribution in [3.05, 3.63) is 29.2 Å². The van der Waals surface area contributed by atoms with Gasteiger partial charge in [-0.15, -0.1) is 4.91 Å². The van der Waals surface area contributed by atoms with E-state index in [0.717, 1.165) is 0 Å². The minimum absolute atomic E-state index is 0.00663. The largest absolute Gasteiger partial charge is 0.395 e. The average molecular weight is 312 g/mol. The number of anilines is 1. The number of nitroso groups, excluding NO2 is 1. The Kier molecular flexibility index (Phi) is 10.1. The van der Waals surface area contributed by atoms with Crippen LogP contribution in [0.3, 0.4) is 0 Å². The molecule has 0 bridgehead atoms. The van der Waals surface area contributed by atoms with E-state index in [0.29, 0.717) is 57.5 Å². The zero-order valence-electron chi connectivity index (χ0n) is 12.9. The predicted molar refractivity (Wildman–Crippen MR) is 84.7 cm³/mol. The SMILES string of the molecule is COCCOCCOCCN(CCO)c1ccccc1N=O. The van der Waals surface area contributed by atoms with Gasteiger partial charge in [0, 0.05) is 20.2 Å². The lowest BCUT2D eigenvalue weighted by molar-refractivity contribution is 0.0264.